The van der Waals surface area contributed by atoms with Gasteiger partial charge in [0.1, 0.15) is 5.82 Å². The lowest BCUT2D eigenvalue weighted by Gasteiger charge is -2.06. The molecule has 3 nitrogen and oxygen atoms in total. The van der Waals surface area contributed by atoms with E-state index in [1.54, 1.807) is 0 Å². The lowest BCUT2D eigenvalue weighted by molar-refractivity contribution is 0.772. The molecule has 1 rings (SSSR count). The second-order valence-corrected chi connectivity index (χ2v) is 4.04. The Bertz CT molecular complexity index is 289. The van der Waals surface area contributed by atoms with Crippen LogP contribution in [-0.2, 0) is 0 Å². The van der Waals surface area contributed by atoms with Crippen LogP contribution >= 0.6 is 15.9 Å². The summed E-state index contributed by atoms with van der Waals surface area (Å²) in [4.78, 5) is 4.38. The number of nitrogens with one attached hydrogen (secondary N) is 1. The third kappa shape index (κ3) is 3.64. The molecule has 0 saturated heterocycles. The molecule has 0 aliphatic rings. The highest BCUT2D eigenvalue weighted by Gasteiger charge is 1.97. The van der Waals surface area contributed by atoms with Crippen LogP contribution < -0.4 is 11.1 Å². The maximum Gasteiger partial charge on any atom is 0.126 e. The van der Waals surface area contributed by atoms with Crippen LogP contribution in [0, 0.1) is 6.92 Å². The fraction of sp³-hybridized carbons (Fsp3) is 0.500. The van der Waals surface area contributed by atoms with Crippen LogP contribution in [0.4, 0.5) is 5.82 Å². The number of pyridine rings is 1. The SMILES string of the molecule is Cc1nc(NCCCCN)ccc1Br. The number of aryl methyl sites for hydroxylation is 1. The molecule has 0 spiro atoms. The lowest BCUT2D eigenvalue weighted by Crippen LogP contribution is -2.07. The molecule has 0 atom stereocenters. The van der Waals surface area contributed by atoms with E-state index in [1.807, 2.05) is 19.1 Å². The minimum atomic E-state index is 0.758. The van der Waals surface area contributed by atoms with Gasteiger partial charge in [0.05, 0.1) is 5.69 Å². The third-order valence-corrected chi connectivity index (χ3v) is 2.80. The van der Waals surface area contributed by atoms with Crippen LogP contribution in [0.15, 0.2) is 16.6 Å². The van der Waals surface area contributed by atoms with E-state index in [2.05, 4.69) is 26.2 Å². The van der Waals surface area contributed by atoms with Gasteiger partial charge < -0.3 is 11.1 Å². The normalized spacial score (nSPS) is 10.2. The molecule has 1 aromatic rings. The number of nitrogens with two attached hydrogens (primary N) is 1. The van der Waals surface area contributed by atoms with Crippen molar-refractivity contribution in [2.45, 2.75) is 19.8 Å². The maximum atomic E-state index is 5.40. The highest BCUT2D eigenvalue weighted by molar-refractivity contribution is 9.10. The van der Waals surface area contributed by atoms with E-state index in [-0.39, 0.29) is 0 Å². The van der Waals surface area contributed by atoms with Crippen molar-refractivity contribution >= 4 is 21.7 Å². The number of hydrogen-bond donors (Lipinski definition) is 2. The van der Waals surface area contributed by atoms with Crippen molar-refractivity contribution in [2.24, 2.45) is 5.73 Å². The van der Waals surface area contributed by atoms with Gasteiger partial charge in [0, 0.05) is 11.0 Å². The average molecular weight is 258 g/mol. The molecule has 0 aliphatic heterocycles. The fourth-order valence-corrected chi connectivity index (χ4v) is 1.35. The first-order valence-electron chi connectivity index (χ1n) is 4.81. The van der Waals surface area contributed by atoms with Crippen molar-refractivity contribution in [3.8, 4) is 0 Å². The van der Waals surface area contributed by atoms with Gasteiger partial charge in [0.25, 0.3) is 0 Å². The molecule has 0 amide bonds. The Hall–Kier alpha value is -0.610. The second-order valence-electron chi connectivity index (χ2n) is 3.19. The first kappa shape index (κ1) is 11.5. The minimum Gasteiger partial charge on any atom is -0.370 e. The summed E-state index contributed by atoms with van der Waals surface area (Å²) in [5.74, 6) is 0.933. The maximum absolute atomic E-state index is 5.40. The highest BCUT2D eigenvalue weighted by atomic mass is 79.9. The van der Waals surface area contributed by atoms with Crippen LogP contribution in [0.1, 0.15) is 18.5 Å². The Morgan fingerprint density at radius 2 is 2.21 bits per heavy atom. The molecular formula is C10H16BrN3. The van der Waals surface area contributed by atoms with Crippen molar-refractivity contribution in [2.75, 3.05) is 18.4 Å². The molecule has 0 aromatic carbocycles. The standard InChI is InChI=1S/C10H16BrN3/c1-8-9(11)4-5-10(14-8)13-7-3-2-6-12/h4-5H,2-3,6-7,12H2,1H3,(H,13,14). The third-order valence-electron chi connectivity index (χ3n) is 1.96. The van der Waals surface area contributed by atoms with Gasteiger partial charge in [0.2, 0.25) is 0 Å². The molecule has 4 heteroatoms. The van der Waals surface area contributed by atoms with E-state index < -0.39 is 0 Å². The first-order valence-corrected chi connectivity index (χ1v) is 5.60. The average Bonchev–Trinajstić information content (AvgIpc) is 2.18. The molecule has 78 valence electrons. The molecule has 0 unspecified atom stereocenters. The zero-order valence-electron chi connectivity index (χ0n) is 8.39. The predicted octanol–water partition coefficient (Wildman–Crippen LogP) is 2.30. The van der Waals surface area contributed by atoms with Crippen molar-refractivity contribution in [3.63, 3.8) is 0 Å². The van der Waals surface area contributed by atoms with Crippen LogP contribution in [0.25, 0.3) is 0 Å². The number of nitrogens with zero attached hydrogens (tertiary/aromatic N) is 1. The molecule has 1 aromatic heterocycles. The summed E-state index contributed by atoms with van der Waals surface area (Å²) in [6, 6.07) is 3.98. The molecule has 0 radical (unpaired) electrons. The number of halogens is 1. The van der Waals surface area contributed by atoms with Gasteiger partial charge in [-0.3, -0.25) is 0 Å². The van der Waals surface area contributed by atoms with Crippen molar-refractivity contribution in [1.29, 1.82) is 0 Å². The summed E-state index contributed by atoms with van der Waals surface area (Å²) < 4.78 is 1.05. The van der Waals surface area contributed by atoms with Gasteiger partial charge in [-0.15, -0.1) is 0 Å². The summed E-state index contributed by atoms with van der Waals surface area (Å²) >= 11 is 3.42. The molecule has 0 bridgehead atoms. The molecule has 0 aliphatic carbocycles. The zero-order chi connectivity index (χ0) is 10.4. The molecule has 1 heterocycles. The van der Waals surface area contributed by atoms with Crippen molar-refractivity contribution in [3.05, 3.63) is 22.3 Å². The van der Waals surface area contributed by atoms with Gasteiger partial charge in [-0.1, -0.05) is 0 Å². The Balaban J connectivity index is 2.39. The minimum absolute atomic E-state index is 0.758. The molecular weight excluding hydrogens is 242 g/mol. The first-order chi connectivity index (χ1) is 6.74. The van der Waals surface area contributed by atoms with Crippen LogP contribution in [0.5, 0.6) is 0 Å². The van der Waals surface area contributed by atoms with Crippen molar-refractivity contribution < 1.29 is 0 Å². The molecule has 0 saturated carbocycles. The van der Waals surface area contributed by atoms with Gasteiger partial charge >= 0.3 is 0 Å². The summed E-state index contributed by atoms with van der Waals surface area (Å²) in [5.41, 5.74) is 6.41. The monoisotopic (exact) mass is 257 g/mol. The van der Waals surface area contributed by atoms with Crippen LogP contribution in [-0.4, -0.2) is 18.1 Å². The van der Waals surface area contributed by atoms with Gasteiger partial charge in [-0.25, -0.2) is 4.98 Å². The molecule has 0 fully saturated rings. The highest BCUT2D eigenvalue weighted by Crippen LogP contribution is 2.15. The summed E-state index contributed by atoms with van der Waals surface area (Å²) in [6.07, 6.45) is 2.15. The predicted molar refractivity (Wildman–Crippen MR) is 63.5 cm³/mol. The number of hydrogen-bond acceptors (Lipinski definition) is 3. The number of anilines is 1. The lowest BCUT2D eigenvalue weighted by atomic mass is 10.3. The summed E-state index contributed by atoms with van der Waals surface area (Å²) in [5, 5.41) is 3.26. The van der Waals surface area contributed by atoms with Gasteiger partial charge in [0.15, 0.2) is 0 Å². The number of rotatable bonds is 5. The van der Waals surface area contributed by atoms with Crippen molar-refractivity contribution in [1.82, 2.24) is 4.98 Å². The molecule has 14 heavy (non-hydrogen) atoms. The van der Waals surface area contributed by atoms with Crippen LogP contribution in [0.2, 0.25) is 0 Å². The van der Waals surface area contributed by atoms with Gasteiger partial charge in [-0.2, -0.15) is 0 Å². The Morgan fingerprint density at radius 3 is 2.86 bits per heavy atom. The van der Waals surface area contributed by atoms with E-state index in [0.717, 1.165) is 41.9 Å². The summed E-state index contributed by atoms with van der Waals surface area (Å²) in [7, 11) is 0. The zero-order valence-corrected chi connectivity index (χ0v) is 9.97. The van der Waals surface area contributed by atoms with E-state index in [0.29, 0.717) is 0 Å². The van der Waals surface area contributed by atoms with Crippen LogP contribution in [0.3, 0.4) is 0 Å². The number of aromatic nitrogens is 1. The topological polar surface area (TPSA) is 50.9 Å². The Labute approximate surface area is 93.2 Å². The largest absolute Gasteiger partial charge is 0.370 e. The quantitative estimate of drug-likeness (QED) is 0.797. The smallest absolute Gasteiger partial charge is 0.126 e. The Morgan fingerprint density at radius 1 is 1.43 bits per heavy atom. The van der Waals surface area contributed by atoms with E-state index >= 15 is 0 Å². The number of unbranched alkanes of at least 4 members (excludes halogenated alkanes) is 1. The van der Waals surface area contributed by atoms with E-state index in [4.69, 9.17) is 5.73 Å². The molecule has 3 N–H and O–H groups in total. The fourth-order valence-electron chi connectivity index (χ4n) is 1.13. The summed E-state index contributed by atoms with van der Waals surface area (Å²) in [6.45, 7) is 3.68. The van der Waals surface area contributed by atoms with E-state index in [9.17, 15) is 0 Å². The van der Waals surface area contributed by atoms with E-state index in [1.165, 1.54) is 0 Å². The Kier molecular flexibility index (Phi) is 4.90. The second kappa shape index (κ2) is 5.98. The van der Waals surface area contributed by atoms with Gasteiger partial charge in [-0.05, 0) is 54.4 Å².